The van der Waals surface area contributed by atoms with E-state index >= 15 is 0 Å². The maximum atomic E-state index is 14.2. The van der Waals surface area contributed by atoms with Crippen molar-refractivity contribution in [3.8, 4) is 0 Å². The van der Waals surface area contributed by atoms with Crippen LogP contribution in [0.3, 0.4) is 0 Å². The van der Waals surface area contributed by atoms with Gasteiger partial charge < -0.3 is 0 Å². The largest absolute Gasteiger partial charge is 0.207 e. The van der Waals surface area contributed by atoms with Gasteiger partial charge in [-0.1, -0.05) is 19.4 Å². The second-order valence-corrected chi connectivity index (χ2v) is 7.55. The Balaban J connectivity index is 1.73. The van der Waals surface area contributed by atoms with Gasteiger partial charge in [-0.15, -0.1) is 6.58 Å². The first kappa shape index (κ1) is 16.7. The summed E-state index contributed by atoms with van der Waals surface area (Å²) in [5, 5.41) is 0. The van der Waals surface area contributed by atoms with E-state index in [4.69, 9.17) is 0 Å². The molecule has 0 aliphatic heterocycles. The minimum atomic E-state index is -0.348. The molecule has 2 heteroatoms. The van der Waals surface area contributed by atoms with E-state index in [0.29, 0.717) is 18.3 Å². The molecule has 1 aromatic carbocycles. The van der Waals surface area contributed by atoms with Crippen molar-refractivity contribution in [2.75, 3.05) is 0 Å². The predicted molar refractivity (Wildman–Crippen MR) is 91.5 cm³/mol. The van der Waals surface area contributed by atoms with Crippen LogP contribution in [0.1, 0.15) is 68.9 Å². The fraction of sp³-hybridized carbons (Fsp3) is 0.619. The molecule has 0 radical (unpaired) electrons. The average Bonchev–Trinajstić information content (AvgIpc) is 2.57. The molecule has 126 valence electrons. The van der Waals surface area contributed by atoms with Crippen LogP contribution in [-0.4, -0.2) is 0 Å². The number of hydrogen-bond acceptors (Lipinski definition) is 0. The number of fused-ring (bicyclic) bond motifs is 1. The van der Waals surface area contributed by atoms with Gasteiger partial charge in [0.2, 0.25) is 0 Å². The summed E-state index contributed by atoms with van der Waals surface area (Å²) >= 11 is 0. The quantitative estimate of drug-likeness (QED) is 0.563. The van der Waals surface area contributed by atoms with Gasteiger partial charge in [-0.2, -0.15) is 0 Å². The number of allylic oxidation sites excluding steroid dienone is 1. The molecule has 2 fully saturated rings. The Hall–Kier alpha value is -1.18. The Morgan fingerprint density at radius 1 is 1.04 bits per heavy atom. The lowest BCUT2D eigenvalue weighted by Crippen LogP contribution is -2.30. The molecule has 1 aromatic rings. The molecular formula is C21H28F2. The highest BCUT2D eigenvalue weighted by molar-refractivity contribution is 5.29. The van der Waals surface area contributed by atoms with Gasteiger partial charge in [0.25, 0.3) is 0 Å². The van der Waals surface area contributed by atoms with Crippen LogP contribution < -0.4 is 0 Å². The second kappa shape index (κ2) is 7.15. The fourth-order valence-corrected chi connectivity index (χ4v) is 4.79. The molecule has 0 N–H and O–H groups in total. The summed E-state index contributed by atoms with van der Waals surface area (Å²) in [4.78, 5) is 0. The van der Waals surface area contributed by atoms with Crippen LogP contribution in [-0.2, 0) is 6.42 Å². The van der Waals surface area contributed by atoms with Gasteiger partial charge >= 0.3 is 0 Å². The minimum Gasteiger partial charge on any atom is -0.207 e. The van der Waals surface area contributed by atoms with Gasteiger partial charge in [-0.05, 0) is 86.3 Å². The molecule has 0 saturated heterocycles. The molecule has 0 spiro atoms. The molecule has 0 amide bonds. The van der Waals surface area contributed by atoms with Crippen molar-refractivity contribution in [3.63, 3.8) is 0 Å². The molecule has 0 nitrogen and oxygen atoms in total. The third-order valence-corrected chi connectivity index (χ3v) is 6.12. The summed E-state index contributed by atoms with van der Waals surface area (Å²) in [6.07, 6.45) is 10.5. The first-order valence-electron chi connectivity index (χ1n) is 9.22. The van der Waals surface area contributed by atoms with E-state index < -0.39 is 0 Å². The number of benzene rings is 1. The van der Waals surface area contributed by atoms with E-state index in [-0.39, 0.29) is 17.2 Å². The van der Waals surface area contributed by atoms with E-state index in [1.165, 1.54) is 25.7 Å². The van der Waals surface area contributed by atoms with Crippen molar-refractivity contribution in [1.82, 2.24) is 0 Å². The highest BCUT2D eigenvalue weighted by atomic mass is 19.1. The summed E-state index contributed by atoms with van der Waals surface area (Å²) in [5.41, 5.74) is 1.14. The summed E-state index contributed by atoms with van der Waals surface area (Å²) in [6.45, 7) is 5.90. The lowest BCUT2D eigenvalue weighted by Gasteiger charge is -2.41. The Morgan fingerprint density at radius 3 is 2.35 bits per heavy atom. The number of rotatable bonds is 4. The molecule has 2 aliphatic rings. The number of halogens is 2. The zero-order chi connectivity index (χ0) is 16.4. The SMILES string of the molecule is C=CC1CCC2CC(c3cc(F)c(CCC)c(F)c3)CCC2C1. The molecular weight excluding hydrogens is 290 g/mol. The Bertz CT molecular complexity index is 540. The molecule has 23 heavy (non-hydrogen) atoms. The van der Waals surface area contributed by atoms with E-state index in [9.17, 15) is 8.78 Å². The van der Waals surface area contributed by atoms with Gasteiger partial charge in [0.1, 0.15) is 11.6 Å². The fourth-order valence-electron chi connectivity index (χ4n) is 4.79. The van der Waals surface area contributed by atoms with Crippen LogP contribution in [0.2, 0.25) is 0 Å². The topological polar surface area (TPSA) is 0 Å². The van der Waals surface area contributed by atoms with Gasteiger partial charge in [-0.3, -0.25) is 0 Å². The van der Waals surface area contributed by atoms with Crippen LogP contribution in [0.5, 0.6) is 0 Å². The van der Waals surface area contributed by atoms with Crippen LogP contribution >= 0.6 is 0 Å². The van der Waals surface area contributed by atoms with E-state index in [0.717, 1.165) is 36.7 Å². The van der Waals surface area contributed by atoms with Crippen molar-refractivity contribution in [2.45, 2.75) is 64.2 Å². The molecule has 4 unspecified atom stereocenters. The van der Waals surface area contributed by atoms with Gasteiger partial charge in [0.15, 0.2) is 0 Å². The lowest BCUT2D eigenvalue weighted by atomic mass is 9.64. The molecule has 2 saturated carbocycles. The third-order valence-electron chi connectivity index (χ3n) is 6.12. The zero-order valence-corrected chi connectivity index (χ0v) is 14.2. The van der Waals surface area contributed by atoms with Gasteiger partial charge in [-0.25, -0.2) is 8.78 Å². The van der Waals surface area contributed by atoms with Crippen molar-refractivity contribution in [1.29, 1.82) is 0 Å². The van der Waals surface area contributed by atoms with Gasteiger partial charge in [0.05, 0.1) is 0 Å². The van der Waals surface area contributed by atoms with Crippen molar-refractivity contribution in [2.24, 2.45) is 17.8 Å². The summed E-state index contributed by atoms with van der Waals surface area (Å²) in [6, 6.07) is 3.21. The molecule has 0 aromatic heterocycles. The van der Waals surface area contributed by atoms with Gasteiger partial charge in [0, 0.05) is 5.56 Å². The van der Waals surface area contributed by atoms with E-state index in [2.05, 4.69) is 12.7 Å². The highest BCUT2D eigenvalue weighted by Gasteiger charge is 2.35. The molecule has 4 atom stereocenters. The second-order valence-electron chi connectivity index (χ2n) is 7.55. The van der Waals surface area contributed by atoms with Crippen LogP contribution in [0.4, 0.5) is 8.78 Å². The van der Waals surface area contributed by atoms with Crippen LogP contribution in [0.25, 0.3) is 0 Å². The Kier molecular flexibility index (Phi) is 5.18. The summed E-state index contributed by atoms with van der Waals surface area (Å²) in [5.74, 6) is 1.83. The van der Waals surface area contributed by atoms with Crippen molar-refractivity contribution < 1.29 is 8.78 Å². The Labute approximate surface area is 139 Å². The summed E-state index contributed by atoms with van der Waals surface area (Å²) in [7, 11) is 0. The Morgan fingerprint density at radius 2 is 1.70 bits per heavy atom. The average molecular weight is 318 g/mol. The smallest absolute Gasteiger partial charge is 0.129 e. The monoisotopic (exact) mass is 318 g/mol. The maximum Gasteiger partial charge on any atom is 0.129 e. The van der Waals surface area contributed by atoms with E-state index in [1.807, 2.05) is 6.92 Å². The number of hydrogen-bond donors (Lipinski definition) is 0. The zero-order valence-electron chi connectivity index (χ0n) is 14.2. The minimum absolute atomic E-state index is 0.261. The first-order chi connectivity index (χ1) is 11.1. The molecule has 2 aliphatic carbocycles. The van der Waals surface area contributed by atoms with E-state index in [1.54, 1.807) is 12.1 Å². The van der Waals surface area contributed by atoms with Crippen molar-refractivity contribution in [3.05, 3.63) is 47.5 Å². The molecule has 3 rings (SSSR count). The van der Waals surface area contributed by atoms with Crippen molar-refractivity contribution >= 4 is 0 Å². The third kappa shape index (κ3) is 3.51. The standard InChI is InChI=1S/C21H28F2/c1-3-5-19-20(22)12-18(13-21(19)23)17-9-8-15-10-14(4-2)6-7-16(15)11-17/h4,12-17H,2-3,5-11H2,1H3. The first-order valence-corrected chi connectivity index (χ1v) is 9.22. The normalized spacial score (nSPS) is 30.7. The molecule has 0 heterocycles. The molecule has 0 bridgehead atoms. The lowest BCUT2D eigenvalue weighted by molar-refractivity contribution is 0.133. The maximum absolute atomic E-state index is 14.2. The predicted octanol–water partition coefficient (Wildman–Crippen LogP) is 6.40. The van der Waals surface area contributed by atoms with Crippen LogP contribution in [0.15, 0.2) is 24.8 Å². The highest BCUT2D eigenvalue weighted by Crippen LogP contribution is 2.48. The van der Waals surface area contributed by atoms with Crippen LogP contribution in [0, 0.1) is 29.4 Å². The summed E-state index contributed by atoms with van der Waals surface area (Å²) < 4.78 is 28.5.